The Kier molecular flexibility index (Phi) is 3.73. The van der Waals surface area contributed by atoms with Gasteiger partial charge in [0.15, 0.2) is 4.77 Å². The number of rotatable bonds is 3. The number of halogens is 1. The van der Waals surface area contributed by atoms with Crippen LogP contribution < -0.4 is 0 Å². The zero-order valence-electron chi connectivity index (χ0n) is 10.2. The molecule has 0 bridgehead atoms. The van der Waals surface area contributed by atoms with Gasteiger partial charge in [-0.3, -0.25) is 4.79 Å². The van der Waals surface area contributed by atoms with Crippen LogP contribution in [0.4, 0.5) is 0 Å². The Balaban J connectivity index is 2.46. The fraction of sp³-hybridized carbons (Fsp3) is 0.333. The molecule has 0 atom stereocenters. The van der Waals surface area contributed by atoms with E-state index >= 15 is 0 Å². The molecule has 0 aliphatic carbocycles. The van der Waals surface area contributed by atoms with Gasteiger partial charge in [-0.05, 0) is 31.3 Å². The molecule has 1 aromatic carbocycles. The highest BCUT2D eigenvalue weighted by Gasteiger charge is 2.12. The molecule has 1 N–H and O–H groups in total. The maximum Gasteiger partial charge on any atom is 0.242 e. The Morgan fingerprint density at radius 3 is 2.94 bits per heavy atom. The molecule has 96 valence electrons. The number of hydrogen-bond acceptors (Lipinski definition) is 2. The van der Waals surface area contributed by atoms with Gasteiger partial charge in [-0.2, -0.15) is 0 Å². The van der Waals surface area contributed by atoms with Crippen molar-refractivity contribution in [2.75, 3.05) is 13.6 Å². The summed E-state index contributed by atoms with van der Waals surface area (Å²) < 4.78 is 2.28. The van der Waals surface area contributed by atoms with Crippen LogP contribution in [-0.2, 0) is 11.3 Å². The highest BCUT2D eigenvalue weighted by atomic mass is 35.5. The van der Waals surface area contributed by atoms with Crippen molar-refractivity contribution in [3.8, 4) is 0 Å². The number of hydrogen-bond donors (Lipinski definition) is 1. The molecule has 0 radical (unpaired) electrons. The molecule has 1 heterocycles. The monoisotopic (exact) mass is 283 g/mol. The first-order chi connectivity index (χ1) is 8.54. The van der Waals surface area contributed by atoms with Crippen molar-refractivity contribution >= 4 is 40.8 Å². The van der Waals surface area contributed by atoms with Crippen molar-refractivity contribution in [2.24, 2.45) is 0 Å². The molecule has 0 fully saturated rings. The molecule has 0 saturated heterocycles. The summed E-state index contributed by atoms with van der Waals surface area (Å²) in [6.45, 7) is 2.84. The smallest absolute Gasteiger partial charge is 0.242 e. The molecule has 1 aromatic heterocycles. The molecule has 1 amide bonds. The molecule has 18 heavy (non-hydrogen) atoms. The number of carbonyl (C=O) groups is 1. The Bertz CT molecular complexity index is 646. The number of carbonyl (C=O) groups excluding carboxylic acids is 1. The van der Waals surface area contributed by atoms with Crippen LogP contribution in [0.1, 0.15) is 6.92 Å². The van der Waals surface area contributed by atoms with Crippen LogP contribution in [0.3, 0.4) is 0 Å². The molecular weight excluding hydrogens is 270 g/mol. The van der Waals surface area contributed by atoms with Crippen LogP contribution in [0.15, 0.2) is 18.2 Å². The summed E-state index contributed by atoms with van der Waals surface area (Å²) in [4.78, 5) is 16.6. The van der Waals surface area contributed by atoms with E-state index in [0.717, 1.165) is 11.0 Å². The van der Waals surface area contributed by atoms with Gasteiger partial charge in [-0.15, -0.1) is 0 Å². The predicted molar refractivity (Wildman–Crippen MR) is 75.4 cm³/mol. The molecule has 4 nitrogen and oxygen atoms in total. The minimum absolute atomic E-state index is 0.0227. The zero-order valence-corrected chi connectivity index (χ0v) is 11.8. The number of nitrogens with one attached hydrogen (secondary N) is 1. The average Bonchev–Trinajstić information content (AvgIpc) is 2.67. The number of fused-ring (bicyclic) bond motifs is 1. The Morgan fingerprint density at radius 2 is 2.28 bits per heavy atom. The number of amides is 1. The second-order valence-corrected chi connectivity index (χ2v) is 4.85. The van der Waals surface area contributed by atoms with Crippen molar-refractivity contribution in [3.05, 3.63) is 28.0 Å². The number of aromatic amines is 1. The first kappa shape index (κ1) is 13.1. The average molecular weight is 284 g/mol. The summed E-state index contributed by atoms with van der Waals surface area (Å²) >= 11 is 11.3. The lowest BCUT2D eigenvalue weighted by Gasteiger charge is -2.14. The fourth-order valence-corrected chi connectivity index (χ4v) is 2.22. The minimum Gasteiger partial charge on any atom is -0.344 e. The summed E-state index contributed by atoms with van der Waals surface area (Å²) in [7, 11) is 1.77. The summed E-state index contributed by atoms with van der Waals surface area (Å²) in [5.41, 5.74) is 1.63. The maximum absolute atomic E-state index is 11.9. The standard InChI is InChI=1S/C12H14ClN3OS/c1-3-15(2)10(17)7-16-9-6-4-5-8(13)11(9)14-12(16)18/h4-6H,3,7H2,1-2H3,(H,14,18). The number of H-pyrrole nitrogens is 1. The van der Waals surface area contributed by atoms with Gasteiger partial charge in [0.05, 0.1) is 16.1 Å². The van der Waals surface area contributed by atoms with Gasteiger partial charge < -0.3 is 14.5 Å². The molecule has 0 saturated carbocycles. The molecule has 0 aliphatic rings. The highest BCUT2D eigenvalue weighted by Crippen LogP contribution is 2.22. The van der Waals surface area contributed by atoms with Crippen LogP contribution in [-0.4, -0.2) is 34.0 Å². The lowest BCUT2D eigenvalue weighted by atomic mass is 10.3. The van der Waals surface area contributed by atoms with E-state index in [-0.39, 0.29) is 12.5 Å². The minimum atomic E-state index is 0.0227. The lowest BCUT2D eigenvalue weighted by molar-refractivity contribution is -0.130. The third-order valence-electron chi connectivity index (χ3n) is 2.95. The third kappa shape index (κ3) is 2.28. The SMILES string of the molecule is CCN(C)C(=O)Cn1c(=S)[nH]c2c(Cl)cccc21. The Morgan fingerprint density at radius 1 is 1.56 bits per heavy atom. The summed E-state index contributed by atoms with van der Waals surface area (Å²) in [5.74, 6) is 0.0227. The van der Waals surface area contributed by atoms with Crippen molar-refractivity contribution < 1.29 is 4.79 Å². The van der Waals surface area contributed by atoms with E-state index in [9.17, 15) is 4.79 Å². The van der Waals surface area contributed by atoms with E-state index in [1.54, 1.807) is 22.6 Å². The number of imidazole rings is 1. The highest BCUT2D eigenvalue weighted by molar-refractivity contribution is 7.71. The molecular formula is C12H14ClN3OS. The fourth-order valence-electron chi connectivity index (χ4n) is 1.73. The van der Waals surface area contributed by atoms with Crippen LogP contribution >= 0.6 is 23.8 Å². The number of para-hydroxylation sites is 1. The van der Waals surface area contributed by atoms with Gasteiger partial charge in [0.1, 0.15) is 6.54 Å². The topological polar surface area (TPSA) is 41.0 Å². The van der Waals surface area contributed by atoms with Gasteiger partial charge in [-0.25, -0.2) is 0 Å². The van der Waals surface area contributed by atoms with Crippen LogP contribution in [0, 0.1) is 4.77 Å². The zero-order chi connectivity index (χ0) is 13.3. The number of nitrogens with zero attached hydrogens (tertiary/aromatic N) is 2. The van der Waals surface area contributed by atoms with Gasteiger partial charge in [0.2, 0.25) is 5.91 Å². The normalized spacial score (nSPS) is 10.8. The van der Waals surface area contributed by atoms with Crippen LogP contribution in [0.2, 0.25) is 5.02 Å². The van der Waals surface area contributed by atoms with Crippen LogP contribution in [0.25, 0.3) is 11.0 Å². The largest absolute Gasteiger partial charge is 0.344 e. The third-order valence-corrected chi connectivity index (χ3v) is 3.59. The molecule has 6 heteroatoms. The summed E-state index contributed by atoms with van der Waals surface area (Å²) in [6, 6.07) is 5.53. The predicted octanol–water partition coefficient (Wildman–Crippen LogP) is 2.83. The van der Waals surface area contributed by atoms with Crippen LogP contribution in [0.5, 0.6) is 0 Å². The van der Waals surface area contributed by atoms with E-state index in [2.05, 4.69) is 4.98 Å². The van der Waals surface area contributed by atoms with Crippen molar-refractivity contribution in [1.29, 1.82) is 0 Å². The number of aromatic nitrogens is 2. The lowest BCUT2D eigenvalue weighted by Crippen LogP contribution is -2.29. The van der Waals surface area contributed by atoms with Crippen molar-refractivity contribution in [2.45, 2.75) is 13.5 Å². The number of benzene rings is 1. The van der Waals surface area contributed by atoms with Gasteiger partial charge in [0.25, 0.3) is 0 Å². The van der Waals surface area contributed by atoms with Crippen molar-refractivity contribution in [1.82, 2.24) is 14.5 Å². The Labute approximate surface area is 115 Å². The van der Waals surface area contributed by atoms with Gasteiger partial charge in [0, 0.05) is 13.6 Å². The van der Waals surface area contributed by atoms with E-state index < -0.39 is 0 Å². The molecule has 2 rings (SSSR count). The second-order valence-electron chi connectivity index (χ2n) is 4.06. The summed E-state index contributed by atoms with van der Waals surface area (Å²) in [5, 5.41) is 0.605. The number of likely N-dealkylation sites (N-methyl/N-ethyl adjacent to an activating group) is 1. The van der Waals surface area contributed by atoms with E-state index in [1.807, 2.05) is 19.1 Å². The summed E-state index contributed by atoms with van der Waals surface area (Å²) in [6.07, 6.45) is 0. The Hall–Kier alpha value is -1.33. The first-order valence-electron chi connectivity index (χ1n) is 5.65. The van der Waals surface area contributed by atoms with E-state index in [4.69, 9.17) is 23.8 Å². The second kappa shape index (κ2) is 5.12. The molecule has 0 unspecified atom stereocenters. The quantitative estimate of drug-likeness (QED) is 0.880. The first-order valence-corrected chi connectivity index (χ1v) is 6.44. The molecule has 0 aliphatic heterocycles. The molecule has 0 spiro atoms. The molecule has 2 aromatic rings. The van der Waals surface area contributed by atoms with E-state index in [0.29, 0.717) is 16.3 Å². The van der Waals surface area contributed by atoms with Gasteiger partial charge >= 0.3 is 0 Å². The van der Waals surface area contributed by atoms with E-state index in [1.165, 1.54) is 0 Å². The van der Waals surface area contributed by atoms with Gasteiger partial charge in [-0.1, -0.05) is 17.7 Å². The van der Waals surface area contributed by atoms with Crippen molar-refractivity contribution in [3.63, 3.8) is 0 Å². The maximum atomic E-state index is 11.9.